The van der Waals surface area contributed by atoms with Crippen LogP contribution < -0.4 is 4.72 Å². The van der Waals surface area contributed by atoms with Crippen molar-refractivity contribution in [1.82, 2.24) is 4.72 Å². The molecule has 0 aliphatic carbocycles. The van der Waals surface area contributed by atoms with Gasteiger partial charge in [0, 0.05) is 10.5 Å². The first-order valence-corrected chi connectivity index (χ1v) is 14.3. The summed E-state index contributed by atoms with van der Waals surface area (Å²) < 4.78 is 61.3. The number of aryl methyl sites for hydroxylation is 1. The Morgan fingerprint density at radius 1 is 0.973 bits per heavy atom. The van der Waals surface area contributed by atoms with Gasteiger partial charge >= 0.3 is 10.3 Å². The van der Waals surface area contributed by atoms with Crippen molar-refractivity contribution in [2.24, 2.45) is 0 Å². The van der Waals surface area contributed by atoms with Crippen LogP contribution in [0.5, 0.6) is 0 Å². The third-order valence-corrected chi connectivity index (χ3v) is 8.01. The number of ether oxygens (including phenoxy) is 4. The Bertz CT molecular complexity index is 1260. The third kappa shape index (κ3) is 6.78. The quantitative estimate of drug-likeness (QED) is 0.406. The lowest BCUT2D eigenvalue weighted by molar-refractivity contribution is -0.312. The molecule has 10 heteroatoms. The molecule has 0 amide bonds. The zero-order valence-electron chi connectivity index (χ0n) is 20.2. The average Bonchev–Trinajstić information content (AvgIpc) is 2.90. The topological polar surface area (TPSA) is 103 Å². The van der Waals surface area contributed by atoms with E-state index < -0.39 is 46.4 Å². The molecule has 0 radical (unpaired) electrons. The Morgan fingerprint density at radius 2 is 1.65 bits per heavy atom. The van der Waals surface area contributed by atoms with Gasteiger partial charge in [-0.15, -0.1) is 0 Å². The summed E-state index contributed by atoms with van der Waals surface area (Å²) in [5.74, 6) is 0. The van der Waals surface area contributed by atoms with Gasteiger partial charge < -0.3 is 18.9 Å². The molecular weight excluding hydrogens is 514 g/mol. The van der Waals surface area contributed by atoms with Crippen LogP contribution in [0.25, 0.3) is 0 Å². The van der Waals surface area contributed by atoms with E-state index in [-0.39, 0.29) is 13.2 Å². The summed E-state index contributed by atoms with van der Waals surface area (Å²) in [6, 6.07) is 26.0. The molecule has 0 bridgehead atoms. The van der Waals surface area contributed by atoms with E-state index in [1.54, 1.807) is 0 Å². The Morgan fingerprint density at radius 3 is 2.32 bits per heavy atom. The van der Waals surface area contributed by atoms with E-state index in [4.69, 9.17) is 18.9 Å². The van der Waals surface area contributed by atoms with Crippen LogP contribution in [0.4, 0.5) is 0 Å². The van der Waals surface area contributed by atoms with Crippen LogP contribution in [0.2, 0.25) is 0 Å². The van der Waals surface area contributed by atoms with Crippen molar-refractivity contribution in [3.8, 4) is 0 Å². The molecule has 8 nitrogen and oxygen atoms in total. The minimum absolute atomic E-state index is 0.223. The summed E-state index contributed by atoms with van der Waals surface area (Å²) in [5.41, 5.74) is 2.14. The van der Waals surface area contributed by atoms with Crippen molar-refractivity contribution in [1.29, 1.82) is 0 Å². The summed E-state index contributed by atoms with van der Waals surface area (Å²) in [5, 5.41) is 0. The molecule has 3 aromatic rings. The molecule has 0 saturated carbocycles. The van der Waals surface area contributed by atoms with E-state index in [1.807, 2.05) is 91.9 Å². The molecule has 37 heavy (non-hydrogen) atoms. The van der Waals surface area contributed by atoms with Gasteiger partial charge in [-0.25, -0.2) is 0 Å². The molecule has 2 saturated heterocycles. The van der Waals surface area contributed by atoms with Crippen molar-refractivity contribution in [2.75, 3.05) is 6.61 Å². The van der Waals surface area contributed by atoms with E-state index >= 15 is 0 Å². The lowest BCUT2D eigenvalue weighted by atomic mass is 9.97. The second-order valence-corrected chi connectivity index (χ2v) is 11.4. The van der Waals surface area contributed by atoms with Crippen molar-refractivity contribution in [2.45, 2.75) is 54.5 Å². The summed E-state index contributed by atoms with van der Waals surface area (Å²) in [6.45, 7) is 2.45. The monoisotopic (exact) mass is 543 g/mol. The summed E-state index contributed by atoms with van der Waals surface area (Å²) >= 11 is 1.35. The van der Waals surface area contributed by atoms with Gasteiger partial charge in [0.1, 0.15) is 23.7 Å². The molecule has 2 aliphatic rings. The molecule has 2 aliphatic heterocycles. The molecule has 2 heterocycles. The minimum atomic E-state index is -4.59. The predicted octanol–water partition coefficient (Wildman–Crippen LogP) is 4.27. The SMILES string of the molecule is Cc1ccc(S[C@@H]2O[C@@H]3CO[C@@H](c4ccccc4)O[C@H]3[C@H](OCc3ccccc3)[C@H]2NS(=O)(=O)O)cc1. The van der Waals surface area contributed by atoms with Crippen LogP contribution >= 0.6 is 11.8 Å². The van der Waals surface area contributed by atoms with Gasteiger partial charge in [0.15, 0.2) is 6.29 Å². The van der Waals surface area contributed by atoms with Crippen LogP contribution in [0, 0.1) is 6.92 Å². The van der Waals surface area contributed by atoms with Crippen LogP contribution in [-0.4, -0.2) is 49.4 Å². The van der Waals surface area contributed by atoms with Gasteiger partial charge in [-0.3, -0.25) is 4.55 Å². The number of hydrogen-bond acceptors (Lipinski definition) is 7. The number of fused-ring (bicyclic) bond motifs is 1. The molecule has 0 unspecified atom stereocenters. The molecule has 2 N–H and O–H groups in total. The van der Waals surface area contributed by atoms with Crippen LogP contribution in [0.3, 0.4) is 0 Å². The lowest BCUT2D eigenvalue weighted by Crippen LogP contribution is -2.66. The fourth-order valence-electron chi connectivity index (χ4n) is 4.47. The third-order valence-electron chi connectivity index (χ3n) is 6.25. The summed E-state index contributed by atoms with van der Waals surface area (Å²) in [4.78, 5) is 0.887. The van der Waals surface area contributed by atoms with E-state index in [2.05, 4.69) is 4.72 Å². The molecule has 196 valence electrons. The zero-order valence-corrected chi connectivity index (χ0v) is 21.8. The Hall–Kier alpha value is -2.28. The molecule has 2 fully saturated rings. The highest BCUT2D eigenvalue weighted by Crippen LogP contribution is 2.40. The van der Waals surface area contributed by atoms with Crippen molar-refractivity contribution in [3.05, 3.63) is 102 Å². The molecule has 6 atom stereocenters. The second kappa shape index (κ2) is 11.6. The van der Waals surface area contributed by atoms with Crippen molar-refractivity contribution < 1.29 is 31.9 Å². The number of thioether (sulfide) groups is 1. The first-order valence-electron chi connectivity index (χ1n) is 12.0. The Labute approximate surface area is 221 Å². The van der Waals surface area contributed by atoms with Crippen LogP contribution in [-0.2, 0) is 35.9 Å². The largest absolute Gasteiger partial charge is 0.369 e. The zero-order chi connectivity index (χ0) is 25.8. The summed E-state index contributed by atoms with van der Waals surface area (Å²) in [7, 11) is -4.59. The van der Waals surface area contributed by atoms with E-state index in [1.165, 1.54) is 11.8 Å². The van der Waals surface area contributed by atoms with Gasteiger partial charge in [-0.2, -0.15) is 13.1 Å². The van der Waals surface area contributed by atoms with Crippen molar-refractivity contribution in [3.63, 3.8) is 0 Å². The smallest absolute Gasteiger partial charge is 0.333 e. The number of rotatable bonds is 8. The summed E-state index contributed by atoms with van der Waals surface area (Å²) in [6.07, 6.45) is -2.61. The van der Waals surface area contributed by atoms with Gasteiger partial charge in [-0.1, -0.05) is 90.1 Å². The fourth-order valence-corrected chi connectivity index (χ4v) is 6.28. The van der Waals surface area contributed by atoms with Gasteiger partial charge in [0.05, 0.1) is 19.3 Å². The molecule has 0 aromatic heterocycles. The number of nitrogens with one attached hydrogen (secondary N) is 1. The van der Waals surface area contributed by atoms with E-state index in [9.17, 15) is 13.0 Å². The average molecular weight is 544 g/mol. The highest BCUT2D eigenvalue weighted by molar-refractivity contribution is 7.99. The number of benzene rings is 3. The van der Waals surface area contributed by atoms with Crippen LogP contribution in [0.1, 0.15) is 23.0 Å². The van der Waals surface area contributed by atoms with Crippen LogP contribution in [0.15, 0.2) is 89.8 Å². The lowest BCUT2D eigenvalue weighted by Gasteiger charge is -2.49. The molecule has 3 aromatic carbocycles. The first kappa shape index (κ1) is 26.3. The maximum atomic E-state index is 12.1. The molecule has 5 rings (SSSR count). The van der Waals surface area contributed by atoms with E-state index in [0.29, 0.717) is 0 Å². The highest BCUT2D eigenvalue weighted by Gasteiger charge is 2.52. The Balaban J connectivity index is 1.46. The molecular formula is C27H29NO7S2. The minimum Gasteiger partial charge on any atom is -0.369 e. The van der Waals surface area contributed by atoms with Gasteiger partial charge in [0.25, 0.3) is 0 Å². The fraction of sp³-hybridized carbons (Fsp3) is 0.333. The Kier molecular flexibility index (Phi) is 8.28. The van der Waals surface area contributed by atoms with Crippen molar-refractivity contribution >= 4 is 22.1 Å². The highest BCUT2D eigenvalue weighted by atomic mass is 32.2. The number of hydrogen-bond donors (Lipinski definition) is 2. The maximum Gasteiger partial charge on any atom is 0.333 e. The van der Waals surface area contributed by atoms with Gasteiger partial charge in [-0.05, 0) is 24.6 Å². The maximum absolute atomic E-state index is 12.1. The standard InChI is InChI=1S/C27H29NO7S2/c1-18-12-14-21(15-13-18)36-27-23(28-37(29,30)31)25(32-16-19-8-4-2-5-9-19)24-22(34-27)17-33-26(35-24)20-10-6-3-7-11-20/h2-15,22-28H,16-17H2,1H3,(H,29,30,31)/t22-,23-,24-,25-,26-,27+/m1/s1. The molecule has 0 spiro atoms. The van der Waals surface area contributed by atoms with Gasteiger partial charge in [0.2, 0.25) is 0 Å². The first-order chi connectivity index (χ1) is 17.9. The second-order valence-electron chi connectivity index (χ2n) is 9.03. The van der Waals surface area contributed by atoms with E-state index in [0.717, 1.165) is 21.6 Å². The normalized spacial score (nSPS) is 27.9. The predicted molar refractivity (Wildman–Crippen MR) is 139 cm³/mol.